The Morgan fingerprint density at radius 1 is 1.55 bits per heavy atom. The van der Waals surface area contributed by atoms with Crippen LogP contribution < -0.4 is 5.14 Å². The summed E-state index contributed by atoms with van der Waals surface area (Å²) in [5.41, 5.74) is -0.577. The predicted molar refractivity (Wildman–Crippen MR) is 39.9 cm³/mol. The third-order valence-corrected chi connectivity index (χ3v) is 1.49. The summed E-state index contributed by atoms with van der Waals surface area (Å²) in [6.45, 7) is 3.07. The van der Waals surface area contributed by atoms with Crippen molar-refractivity contribution < 1.29 is 17.7 Å². The molecule has 0 bridgehead atoms. The fourth-order valence-electron chi connectivity index (χ4n) is 0.287. The van der Waals surface area contributed by atoms with Crippen molar-refractivity contribution in [1.29, 1.82) is 0 Å². The molecule has 11 heavy (non-hydrogen) atoms. The molecular weight excluding hydrogens is 170 g/mol. The van der Waals surface area contributed by atoms with Gasteiger partial charge in [-0.05, 0) is 0 Å². The monoisotopic (exact) mass is 183 g/mol. The molecule has 0 aliphatic carbocycles. The number of rotatable bonds is 4. The predicted octanol–water partition coefficient (Wildman–Crippen LogP) is -0.775. The molecule has 0 rings (SSSR count). The number of nitrogens with two attached hydrogens (primary N) is 1. The van der Waals surface area contributed by atoms with Crippen molar-refractivity contribution in [3.8, 4) is 0 Å². The zero-order valence-corrected chi connectivity index (χ0v) is 7.39. The van der Waals surface area contributed by atoms with E-state index in [9.17, 15) is 8.42 Å². The van der Waals surface area contributed by atoms with Crippen molar-refractivity contribution in [2.75, 3.05) is 13.2 Å². The average Bonchev–Trinajstić information content (AvgIpc) is 1.83. The number of aliphatic hydroxyl groups is 1. The third-order valence-electron chi connectivity index (χ3n) is 1.04. The number of hydrogen-bond donors (Lipinski definition) is 2. The zero-order valence-electron chi connectivity index (χ0n) is 6.57. The van der Waals surface area contributed by atoms with Gasteiger partial charge in [-0.15, -0.1) is 0 Å². The molecule has 3 N–H and O–H groups in total. The van der Waals surface area contributed by atoms with E-state index in [2.05, 4.69) is 9.32 Å². The molecule has 0 unspecified atom stereocenters. The van der Waals surface area contributed by atoms with Gasteiger partial charge < -0.3 is 5.11 Å². The van der Waals surface area contributed by atoms with Crippen LogP contribution in [-0.4, -0.2) is 26.7 Å². The van der Waals surface area contributed by atoms with Crippen molar-refractivity contribution in [3.05, 3.63) is 0 Å². The summed E-state index contributed by atoms with van der Waals surface area (Å²) < 4.78 is 24.8. The summed E-state index contributed by atoms with van der Waals surface area (Å²) in [7, 11) is -3.88. The molecule has 5 nitrogen and oxygen atoms in total. The molecule has 0 atom stereocenters. The largest absolute Gasteiger partial charge is 0.396 e. The van der Waals surface area contributed by atoms with Gasteiger partial charge in [0.2, 0.25) is 0 Å². The molecule has 0 radical (unpaired) electrons. The maximum atomic E-state index is 10.3. The lowest BCUT2D eigenvalue weighted by Gasteiger charge is -2.19. The summed E-state index contributed by atoms with van der Waals surface area (Å²) in [5, 5.41) is 13.2. The lowest BCUT2D eigenvalue weighted by Crippen LogP contribution is -2.28. The van der Waals surface area contributed by atoms with E-state index in [1.807, 2.05) is 0 Å². The second-order valence-electron chi connectivity index (χ2n) is 3.08. The van der Waals surface area contributed by atoms with Gasteiger partial charge in [-0.1, -0.05) is 13.8 Å². The van der Waals surface area contributed by atoms with E-state index in [4.69, 9.17) is 5.11 Å². The van der Waals surface area contributed by atoms with E-state index in [0.717, 1.165) is 0 Å². The Labute approximate surface area is 66.4 Å². The SMILES string of the molecule is CC(C)(CO)COS(N)(=O)=O. The van der Waals surface area contributed by atoms with Crippen LogP contribution in [0.4, 0.5) is 0 Å². The first-order chi connectivity index (χ1) is 4.77. The van der Waals surface area contributed by atoms with E-state index < -0.39 is 15.7 Å². The van der Waals surface area contributed by atoms with Crippen molar-refractivity contribution in [3.63, 3.8) is 0 Å². The third kappa shape index (κ3) is 6.24. The maximum absolute atomic E-state index is 10.3. The molecule has 0 saturated heterocycles. The van der Waals surface area contributed by atoms with Crippen LogP contribution >= 0.6 is 0 Å². The van der Waals surface area contributed by atoms with E-state index >= 15 is 0 Å². The summed E-state index contributed by atoms with van der Waals surface area (Å²) in [6.07, 6.45) is 0. The molecule has 0 aromatic heterocycles. The minimum absolute atomic E-state index is 0.109. The second-order valence-corrected chi connectivity index (χ2v) is 4.30. The minimum Gasteiger partial charge on any atom is -0.396 e. The van der Waals surface area contributed by atoms with Gasteiger partial charge in [0.05, 0.1) is 13.2 Å². The quantitative estimate of drug-likeness (QED) is 0.598. The first-order valence-electron chi connectivity index (χ1n) is 3.05. The summed E-state index contributed by atoms with van der Waals surface area (Å²) in [5.74, 6) is 0. The average molecular weight is 183 g/mol. The van der Waals surface area contributed by atoms with Crippen LogP contribution in [0.25, 0.3) is 0 Å². The Morgan fingerprint density at radius 2 is 2.00 bits per heavy atom. The second kappa shape index (κ2) is 3.48. The molecule has 0 aliphatic rings. The van der Waals surface area contributed by atoms with Crippen LogP contribution in [0.15, 0.2) is 0 Å². The van der Waals surface area contributed by atoms with Crippen molar-refractivity contribution in [2.45, 2.75) is 13.8 Å². The highest BCUT2D eigenvalue weighted by molar-refractivity contribution is 7.84. The lowest BCUT2D eigenvalue weighted by molar-refractivity contribution is 0.101. The van der Waals surface area contributed by atoms with Gasteiger partial charge in [0.1, 0.15) is 0 Å². The van der Waals surface area contributed by atoms with Gasteiger partial charge in [-0.25, -0.2) is 5.14 Å². The van der Waals surface area contributed by atoms with E-state index in [1.165, 1.54) is 0 Å². The molecule has 0 heterocycles. The summed E-state index contributed by atoms with van der Waals surface area (Å²) in [4.78, 5) is 0. The molecule has 0 amide bonds. The van der Waals surface area contributed by atoms with Gasteiger partial charge in [0.25, 0.3) is 0 Å². The number of hydrogen-bond acceptors (Lipinski definition) is 4. The topological polar surface area (TPSA) is 89.6 Å². The van der Waals surface area contributed by atoms with Gasteiger partial charge in [0, 0.05) is 5.41 Å². The van der Waals surface area contributed by atoms with E-state index in [0.29, 0.717) is 0 Å². The Balaban J connectivity index is 3.90. The van der Waals surface area contributed by atoms with Crippen LogP contribution in [0, 0.1) is 5.41 Å². The Bertz CT molecular complexity index is 209. The Morgan fingerprint density at radius 3 is 2.27 bits per heavy atom. The van der Waals surface area contributed by atoms with Gasteiger partial charge in [-0.2, -0.15) is 8.42 Å². The zero-order chi connectivity index (χ0) is 9.12. The highest BCUT2D eigenvalue weighted by atomic mass is 32.2. The van der Waals surface area contributed by atoms with E-state index in [1.54, 1.807) is 13.8 Å². The van der Waals surface area contributed by atoms with Crippen LogP contribution in [0.2, 0.25) is 0 Å². The summed E-state index contributed by atoms with van der Waals surface area (Å²) in [6, 6.07) is 0. The highest BCUT2D eigenvalue weighted by Crippen LogP contribution is 2.13. The molecule has 68 valence electrons. The molecule has 0 fully saturated rings. The van der Waals surface area contributed by atoms with Gasteiger partial charge in [-0.3, -0.25) is 4.18 Å². The van der Waals surface area contributed by atoms with E-state index in [-0.39, 0.29) is 13.2 Å². The Hall–Kier alpha value is -0.170. The maximum Gasteiger partial charge on any atom is 0.333 e. The van der Waals surface area contributed by atoms with Crippen molar-refractivity contribution >= 4 is 10.3 Å². The highest BCUT2D eigenvalue weighted by Gasteiger charge is 2.19. The molecule has 0 saturated carbocycles. The first-order valence-corrected chi connectivity index (χ1v) is 4.52. The summed E-state index contributed by atoms with van der Waals surface area (Å²) >= 11 is 0. The lowest BCUT2D eigenvalue weighted by atomic mass is 9.97. The Kier molecular flexibility index (Phi) is 3.43. The van der Waals surface area contributed by atoms with Crippen LogP contribution in [-0.2, 0) is 14.5 Å². The van der Waals surface area contributed by atoms with Crippen molar-refractivity contribution in [1.82, 2.24) is 0 Å². The van der Waals surface area contributed by atoms with Crippen LogP contribution in [0.1, 0.15) is 13.8 Å². The van der Waals surface area contributed by atoms with Crippen LogP contribution in [0.3, 0.4) is 0 Å². The molecule has 0 spiro atoms. The fourth-order valence-corrected chi connectivity index (χ4v) is 0.771. The van der Waals surface area contributed by atoms with Crippen molar-refractivity contribution in [2.24, 2.45) is 10.6 Å². The van der Waals surface area contributed by atoms with Gasteiger partial charge in [0.15, 0.2) is 0 Å². The molecule has 6 heteroatoms. The first kappa shape index (κ1) is 10.8. The molecule has 0 aromatic rings. The molecule has 0 aromatic carbocycles. The molecular formula is C5H13NO4S. The normalized spacial score (nSPS) is 13.5. The standard InChI is InChI=1S/C5H13NO4S/c1-5(2,3-7)4-10-11(6,8)9/h7H,3-4H2,1-2H3,(H2,6,8,9). The fraction of sp³-hybridized carbons (Fsp3) is 1.00. The number of aliphatic hydroxyl groups excluding tert-OH is 1. The smallest absolute Gasteiger partial charge is 0.333 e. The minimum atomic E-state index is -3.88. The van der Waals surface area contributed by atoms with Gasteiger partial charge >= 0.3 is 10.3 Å². The van der Waals surface area contributed by atoms with Crippen LogP contribution in [0.5, 0.6) is 0 Å². The molecule has 0 aliphatic heterocycles.